The summed E-state index contributed by atoms with van der Waals surface area (Å²) in [5, 5.41) is 13.6. The van der Waals surface area contributed by atoms with E-state index in [9.17, 15) is 23.3 Å². The first-order chi connectivity index (χ1) is 11.8. The number of carbonyl (C=O) groups is 1. The van der Waals surface area contributed by atoms with Crippen molar-refractivity contribution in [3.8, 4) is 0 Å². The smallest absolute Gasteiger partial charge is 0.407 e. The minimum Gasteiger partial charge on any atom is -0.444 e. The first-order valence-electron chi connectivity index (χ1n) is 8.07. The number of rotatable bonds is 7. The van der Waals surface area contributed by atoms with E-state index in [0.717, 1.165) is 6.07 Å². The van der Waals surface area contributed by atoms with Crippen molar-refractivity contribution in [3.05, 3.63) is 34.4 Å². The number of alkyl carbamates (subject to hydrolysis) is 1. The molecule has 1 aromatic rings. The summed E-state index contributed by atoms with van der Waals surface area (Å²) < 4.78 is 32.4. The molecule has 0 radical (unpaired) electrons. The number of ether oxygens (including phenoxy) is 1. The van der Waals surface area contributed by atoms with Crippen molar-refractivity contribution in [1.82, 2.24) is 10.0 Å². The van der Waals surface area contributed by atoms with Crippen LogP contribution >= 0.6 is 0 Å². The number of nitrogens with one attached hydrogen (secondary N) is 2. The molecule has 0 aliphatic heterocycles. The fourth-order valence-corrected chi connectivity index (χ4v) is 3.74. The minimum absolute atomic E-state index is 0.277. The molecule has 26 heavy (non-hydrogen) atoms. The molecule has 9 nitrogen and oxygen atoms in total. The summed E-state index contributed by atoms with van der Waals surface area (Å²) in [7, 11) is -4.07. The Morgan fingerprint density at radius 3 is 2.35 bits per heavy atom. The zero-order valence-corrected chi connectivity index (χ0v) is 16.3. The second-order valence-electron chi connectivity index (χ2n) is 7.03. The van der Waals surface area contributed by atoms with Crippen LogP contribution in [0.15, 0.2) is 29.2 Å². The van der Waals surface area contributed by atoms with Crippen LogP contribution in [0.2, 0.25) is 0 Å². The Morgan fingerprint density at radius 2 is 1.81 bits per heavy atom. The fourth-order valence-electron chi connectivity index (χ4n) is 2.31. The molecule has 2 atom stereocenters. The lowest BCUT2D eigenvalue weighted by atomic mass is 10.1. The summed E-state index contributed by atoms with van der Waals surface area (Å²) in [4.78, 5) is 21.6. The molecular weight excluding hydrogens is 362 g/mol. The van der Waals surface area contributed by atoms with Crippen LogP contribution < -0.4 is 10.0 Å². The van der Waals surface area contributed by atoms with E-state index in [1.165, 1.54) is 18.2 Å². The highest BCUT2D eigenvalue weighted by molar-refractivity contribution is 7.89. The highest BCUT2D eigenvalue weighted by atomic mass is 32.2. The van der Waals surface area contributed by atoms with Crippen molar-refractivity contribution >= 4 is 21.8 Å². The van der Waals surface area contributed by atoms with E-state index >= 15 is 0 Å². The first kappa shape index (κ1) is 21.8. The number of amides is 1. The molecule has 0 aromatic heterocycles. The molecular formula is C16H25N3O6S. The van der Waals surface area contributed by atoms with Crippen molar-refractivity contribution < 1.29 is 22.9 Å². The number of hydrogen-bond donors (Lipinski definition) is 2. The average Bonchev–Trinajstić information content (AvgIpc) is 2.43. The van der Waals surface area contributed by atoms with Crippen LogP contribution in [0.1, 0.15) is 41.0 Å². The second kappa shape index (κ2) is 8.45. The van der Waals surface area contributed by atoms with Gasteiger partial charge in [-0.15, -0.1) is 0 Å². The van der Waals surface area contributed by atoms with E-state index in [4.69, 9.17) is 4.74 Å². The number of carbonyl (C=O) groups excluding carboxylic acids is 1. The topological polar surface area (TPSA) is 128 Å². The molecule has 0 saturated heterocycles. The molecule has 0 aliphatic rings. The highest BCUT2D eigenvalue weighted by Crippen LogP contribution is 2.23. The van der Waals surface area contributed by atoms with Gasteiger partial charge in [0.25, 0.3) is 5.69 Å². The number of hydrogen-bond acceptors (Lipinski definition) is 6. The van der Waals surface area contributed by atoms with Crippen molar-refractivity contribution in [1.29, 1.82) is 0 Å². The highest BCUT2D eigenvalue weighted by Gasteiger charge is 2.27. The van der Waals surface area contributed by atoms with Gasteiger partial charge >= 0.3 is 6.09 Å². The summed E-state index contributed by atoms with van der Waals surface area (Å²) >= 11 is 0. The second-order valence-corrected chi connectivity index (χ2v) is 8.71. The maximum Gasteiger partial charge on any atom is 0.407 e. The van der Waals surface area contributed by atoms with Crippen molar-refractivity contribution in [3.63, 3.8) is 0 Å². The van der Waals surface area contributed by atoms with Crippen LogP contribution in [-0.2, 0) is 14.8 Å². The van der Waals surface area contributed by atoms with Crippen molar-refractivity contribution in [2.75, 3.05) is 0 Å². The number of sulfonamides is 1. The third kappa shape index (κ3) is 6.96. The van der Waals surface area contributed by atoms with Crippen LogP contribution in [0.4, 0.5) is 10.5 Å². The first-order valence-corrected chi connectivity index (χ1v) is 9.55. The molecule has 10 heteroatoms. The van der Waals surface area contributed by atoms with E-state index in [0.29, 0.717) is 0 Å². The predicted octanol–water partition coefficient (Wildman–Crippen LogP) is 2.56. The molecule has 1 amide bonds. The Labute approximate surface area is 153 Å². The van der Waals surface area contributed by atoms with Crippen molar-refractivity contribution in [2.45, 2.75) is 63.6 Å². The van der Waals surface area contributed by atoms with Gasteiger partial charge in [0, 0.05) is 18.2 Å². The fraction of sp³-hybridized carbons (Fsp3) is 0.562. The number of nitro benzene ring substituents is 1. The van der Waals surface area contributed by atoms with Gasteiger partial charge in [0.1, 0.15) is 5.60 Å². The summed E-state index contributed by atoms with van der Waals surface area (Å²) in [5.74, 6) is 0. The van der Waals surface area contributed by atoms with E-state index < -0.39 is 43.3 Å². The summed E-state index contributed by atoms with van der Waals surface area (Å²) in [5.41, 5.74) is -1.13. The molecule has 2 N–H and O–H groups in total. The van der Waals surface area contributed by atoms with E-state index in [2.05, 4.69) is 10.0 Å². The number of nitrogens with zero attached hydrogens (tertiary/aromatic N) is 1. The molecule has 0 aliphatic carbocycles. The van der Waals surface area contributed by atoms with Gasteiger partial charge in [-0.25, -0.2) is 17.9 Å². The SMILES string of the molecule is CC(CC(C)NS(=O)(=O)c1ccccc1[N+](=O)[O-])NC(=O)OC(C)(C)C. The van der Waals surface area contributed by atoms with E-state index in [1.54, 1.807) is 34.6 Å². The normalized spacial score (nSPS) is 14.3. The Balaban J connectivity index is 2.74. The molecule has 1 rings (SSSR count). The standard InChI is InChI=1S/C16H25N3O6S/c1-11(17-15(20)25-16(3,4)5)10-12(2)18-26(23,24)14-9-7-6-8-13(14)19(21)22/h6-9,11-12,18H,10H2,1-5H3,(H,17,20). The maximum atomic E-state index is 12.4. The summed E-state index contributed by atoms with van der Waals surface area (Å²) in [6.07, 6.45) is -0.321. The van der Waals surface area contributed by atoms with Crippen LogP contribution in [0, 0.1) is 10.1 Å². The molecule has 0 heterocycles. The third-order valence-corrected chi connectivity index (χ3v) is 4.81. The Bertz CT molecular complexity index is 757. The van der Waals surface area contributed by atoms with Gasteiger partial charge in [-0.3, -0.25) is 10.1 Å². The van der Waals surface area contributed by atoms with Gasteiger partial charge < -0.3 is 10.1 Å². The van der Waals surface area contributed by atoms with E-state index in [1.807, 2.05) is 0 Å². The van der Waals surface area contributed by atoms with Crippen molar-refractivity contribution in [2.24, 2.45) is 0 Å². The zero-order valence-electron chi connectivity index (χ0n) is 15.5. The molecule has 1 aromatic carbocycles. The van der Waals surface area contributed by atoms with Gasteiger partial charge in [-0.2, -0.15) is 0 Å². The Hall–Kier alpha value is -2.20. The monoisotopic (exact) mass is 387 g/mol. The summed E-state index contributed by atoms with van der Waals surface area (Å²) in [6.45, 7) is 8.53. The predicted molar refractivity (Wildman–Crippen MR) is 96.3 cm³/mol. The lowest BCUT2D eigenvalue weighted by Crippen LogP contribution is -2.42. The van der Waals surface area contributed by atoms with Gasteiger partial charge in [-0.1, -0.05) is 12.1 Å². The van der Waals surface area contributed by atoms with Crippen LogP contribution in [0.25, 0.3) is 0 Å². The van der Waals surface area contributed by atoms with Crippen LogP contribution in [0.5, 0.6) is 0 Å². The Morgan fingerprint density at radius 1 is 1.23 bits per heavy atom. The lowest BCUT2D eigenvalue weighted by molar-refractivity contribution is -0.387. The lowest BCUT2D eigenvalue weighted by Gasteiger charge is -2.23. The van der Waals surface area contributed by atoms with E-state index in [-0.39, 0.29) is 12.5 Å². The molecule has 2 unspecified atom stereocenters. The quantitative estimate of drug-likeness (QED) is 0.547. The number of benzene rings is 1. The molecule has 0 spiro atoms. The van der Waals surface area contributed by atoms with Gasteiger partial charge in [0.15, 0.2) is 4.90 Å². The van der Waals surface area contributed by atoms with Gasteiger partial charge in [0.05, 0.1) is 4.92 Å². The number of para-hydroxylation sites is 1. The summed E-state index contributed by atoms with van der Waals surface area (Å²) in [6, 6.07) is 4.19. The maximum absolute atomic E-state index is 12.4. The van der Waals surface area contributed by atoms with Crippen LogP contribution in [0.3, 0.4) is 0 Å². The third-order valence-electron chi connectivity index (χ3n) is 3.18. The number of nitro groups is 1. The van der Waals surface area contributed by atoms with Gasteiger partial charge in [0.2, 0.25) is 10.0 Å². The molecule has 0 fully saturated rings. The molecule has 0 saturated carbocycles. The zero-order chi connectivity index (χ0) is 20.1. The van der Waals surface area contributed by atoms with Crippen LogP contribution in [-0.4, -0.2) is 37.1 Å². The molecule has 0 bridgehead atoms. The molecule has 146 valence electrons. The Kier molecular flexibility index (Phi) is 7.10. The average molecular weight is 387 g/mol. The van der Waals surface area contributed by atoms with Gasteiger partial charge in [-0.05, 0) is 47.1 Å². The minimum atomic E-state index is -4.07. The largest absolute Gasteiger partial charge is 0.444 e.